The summed E-state index contributed by atoms with van der Waals surface area (Å²) in [6, 6.07) is 15.3. The second kappa shape index (κ2) is 13.1. The molecule has 1 amide bonds. The number of carbonyl (C=O) groups excluding carboxylic acids is 3. The largest absolute Gasteiger partial charge is 0.481 e. The first kappa shape index (κ1) is 26.5. The number of esters is 1. The Bertz CT molecular complexity index is 969. The number of carboxylic acid groups (broad SMARTS) is 2. The van der Waals surface area contributed by atoms with Gasteiger partial charge in [0.25, 0.3) is 0 Å². The van der Waals surface area contributed by atoms with E-state index in [1.54, 1.807) is 0 Å². The van der Waals surface area contributed by atoms with Crippen molar-refractivity contribution in [3.05, 3.63) is 48.5 Å². The number of carboxylic acids is 2. The van der Waals surface area contributed by atoms with Crippen LogP contribution in [0.1, 0.15) is 39.0 Å². The number of benzene rings is 2. The minimum Gasteiger partial charge on any atom is -0.481 e. The molecule has 182 valence electrons. The number of ketones is 1. The van der Waals surface area contributed by atoms with E-state index in [2.05, 4.69) is 58.6 Å². The van der Waals surface area contributed by atoms with Gasteiger partial charge < -0.3 is 20.3 Å². The molecule has 3 atom stereocenters. The van der Waals surface area contributed by atoms with E-state index in [0.717, 1.165) is 6.92 Å². The molecular weight excluding hydrogens is 442 g/mol. The van der Waals surface area contributed by atoms with Crippen LogP contribution in [0, 0.1) is 11.8 Å². The quantitative estimate of drug-likeness (QED) is 0.498. The summed E-state index contributed by atoms with van der Waals surface area (Å²) in [6.07, 6.45) is 1.44. The van der Waals surface area contributed by atoms with Crippen LogP contribution in [-0.2, 0) is 28.7 Å². The first-order valence-electron chi connectivity index (χ1n) is 11.0. The molecule has 1 saturated carbocycles. The first-order valence-corrected chi connectivity index (χ1v) is 11.0. The van der Waals surface area contributed by atoms with Crippen LogP contribution in [0.2, 0.25) is 0 Å². The van der Waals surface area contributed by atoms with Gasteiger partial charge in [0.1, 0.15) is 6.04 Å². The van der Waals surface area contributed by atoms with Crippen LogP contribution >= 0.6 is 0 Å². The maximum absolute atomic E-state index is 12.3. The number of amides is 1. The molecule has 9 nitrogen and oxygen atoms in total. The number of aliphatic carboxylic acids is 2. The summed E-state index contributed by atoms with van der Waals surface area (Å²) < 4.78 is 4.53. The number of hydrogen-bond acceptors (Lipinski definition) is 6. The second-order valence-electron chi connectivity index (χ2n) is 8.09. The highest BCUT2D eigenvalue weighted by Crippen LogP contribution is 2.30. The summed E-state index contributed by atoms with van der Waals surface area (Å²) in [5, 5.41) is 23.0. The van der Waals surface area contributed by atoms with Crippen molar-refractivity contribution in [1.82, 2.24) is 5.32 Å². The monoisotopic (exact) mass is 471 g/mol. The SMILES string of the molecule is CC(=O)OCC(=O)C(CC(=O)O)NC(=O)C1CCCCC1C(=O)O.c1ccc2ccccc2c1. The van der Waals surface area contributed by atoms with Crippen molar-refractivity contribution in [3.63, 3.8) is 0 Å². The summed E-state index contributed by atoms with van der Waals surface area (Å²) in [4.78, 5) is 57.1. The minimum absolute atomic E-state index is 0.360. The van der Waals surface area contributed by atoms with Crippen molar-refractivity contribution in [1.29, 1.82) is 0 Å². The third-order valence-corrected chi connectivity index (χ3v) is 5.58. The smallest absolute Gasteiger partial charge is 0.307 e. The molecule has 2 aromatic carbocycles. The average Bonchev–Trinajstić information content (AvgIpc) is 2.82. The standard InChI is InChI=1S/C15H21NO8.C10H8/c1-8(17)24-7-12(18)11(6-13(19)20)16-14(21)9-4-2-3-5-10(9)15(22)23;1-2-6-10-8-4-3-7-9(10)5-1/h9-11H,2-7H2,1H3,(H,16,21)(H,19,20)(H,22,23);1-8H. The number of rotatable bonds is 8. The van der Waals surface area contributed by atoms with Gasteiger partial charge in [0.05, 0.1) is 18.3 Å². The Kier molecular flexibility index (Phi) is 10.2. The van der Waals surface area contributed by atoms with Gasteiger partial charge in [0, 0.05) is 6.92 Å². The molecule has 9 heteroatoms. The van der Waals surface area contributed by atoms with Gasteiger partial charge >= 0.3 is 17.9 Å². The summed E-state index contributed by atoms with van der Waals surface area (Å²) >= 11 is 0. The van der Waals surface area contributed by atoms with Crippen molar-refractivity contribution in [2.24, 2.45) is 11.8 Å². The normalized spacial score (nSPS) is 18.0. The van der Waals surface area contributed by atoms with E-state index in [-0.39, 0.29) is 0 Å². The molecule has 0 saturated heterocycles. The Balaban J connectivity index is 0.000000333. The Morgan fingerprint density at radius 3 is 1.85 bits per heavy atom. The van der Waals surface area contributed by atoms with Crippen molar-refractivity contribution in [2.75, 3.05) is 6.61 Å². The lowest BCUT2D eigenvalue weighted by Gasteiger charge is -2.28. The molecule has 1 aliphatic carbocycles. The molecule has 3 unspecified atom stereocenters. The van der Waals surface area contributed by atoms with Crippen LogP contribution in [0.15, 0.2) is 48.5 Å². The zero-order valence-corrected chi connectivity index (χ0v) is 18.9. The van der Waals surface area contributed by atoms with E-state index in [9.17, 15) is 29.1 Å². The van der Waals surface area contributed by atoms with Gasteiger partial charge in [0.15, 0.2) is 12.4 Å². The lowest BCUT2D eigenvalue weighted by atomic mass is 9.78. The van der Waals surface area contributed by atoms with Crippen LogP contribution in [0.5, 0.6) is 0 Å². The third kappa shape index (κ3) is 8.31. The summed E-state index contributed by atoms with van der Waals surface area (Å²) in [6.45, 7) is 0.443. The number of fused-ring (bicyclic) bond motifs is 1. The van der Waals surface area contributed by atoms with E-state index >= 15 is 0 Å². The highest BCUT2D eigenvalue weighted by molar-refractivity contribution is 5.94. The van der Waals surface area contributed by atoms with Crippen LogP contribution < -0.4 is 5.32 Å². The molecule has 0 spiro atoms. The first-order chi connectivity index (χ1) is 16.2. The number of Topliss-reactive ketones (excluding diaryl/α,β-unsaturated/α-hetero) is 1. The van der Waals surface area contributed by atoms with E-state index in [0.29, 0.717) is 25.7 Å². The molecule has 0 aliphatic heterocycles. The average molecular weight is 472 g/mol. The molecule has 2 aromatic rings. The fraction of sp³-hybridized carbons (Fsp3) is 0.400. The fourth-order valence-corrected chi connectivity index (χ4v) is 3.85. The number of hydrogen-bond donors (Lipinski definition) is 3. The van der Waals surface area contributed by atoms with Crippen molar-refractivity contribution in [3.8, 4) is 0 Å². The molecule has 1 aliphatic rings. The Labute approximate surface area is 197 Å². The highest BCUT2D eigenvalue weighted by atomic mass is 16.5. The molecule has 0 bridgehead atoms. The summed E-state index contributed by atoms with van der Waals surface area (Å²) in [5.74, 6) is -6.19. The predicted molar refractivity (Wildman–Crippen MR) is 123 cm³/mol. The van der Waals surface area contributed by atoms with Crippen LogP contribution in [0.3, 0.4) is 0 Å². The van der Waals surface area contributed by atoms with Crippen molar-refractivity contribution >= 4 is 40.4 Å². The molecule has 0 radical (unpaired) electrons. The number of carbonyl (C=O) groups is 5. The van der Waals surface area contributed by atoms with Crippen molar-refractivity contribution < 1.29 is 38.9 Å². The zero-order valence-electron chi connectivity index (χ0n) is 18.9. The van der Waals surface area contributed by atoms with Crippen molar-refractivity contribution in [2.45, 2.75) is 45.1 Å². The van der Waals surface area contributed by atoms with Gasteiger partial charge in [-0.2, -0.15) is 0 Å². The van der Waals surface area contributed by atoms with Gasteiger partial charge in [-0.3, -0.25) is 24.0 Å². The van der Waals surface area contributed by atoms with E-state index in [4.69, 9.17) is 5.11 Å². The molecule has 3 rings (SSSR count). The number of ether oxygens (including phenoxy) is 1. The molecule has 0 aromatic heterocycles. The molecule has 1 fully saturated rings. The number of nitrogens with one attached hydrogen (secondary N) is 1. The van der Waals surface area contributed by atoms with Gasteiger partial charge in [-0.15, -0.1) is 0 Å². The van der Waals surface area contributed by atoms with Crippen LogP contribution in [0.4, 0.5) is 0 Å². The third-order valence-electron chi connectivity index (χ3n) is 5.58. The van der Waals surface area contributed by atoms with E-state index in [1.165, 1.54) is 10.8 Å². The Hall–Kier alpha value is -3.75. The van der Waals surface area contributed by atoms with Gasteiger partial charge in [-0.1, -0.05) is 61.4 Å². The maximum atomic E-state index is 12.3. The molecular formula is C25H29NO8. The molecule has 0 heterocycles. The summed E-state index contributed by atoms with van der Waals surface area (Å²) in [5.41, 5.74) is 0. The topological polar surface area (TPSA) is 147 Å². The lowest BCUT2D eigenvalue weighted by Crippen LogP contribution is -2.48. The van der Waals surface area contributed by atoms with E-state index < -0.39 is 60.5 Å². The fourth-order valence-electron chi connectivity index (χ4n) is 3.85. The van der Waals surface area contributed by atoms with Gasteiger partial charge in [-0.05, 0) is 23.6 Å². The maximum Gasteiger partial charge on any atom is 0.307 e. The Morgan fingerprint density at radius 2 is 1.41 bits per heavy atom. The highest BCUT2D eigenvalue weighted by Gasteiger charge is 2.37. The molecule has 34 heavy (non-hydrogen) atoms. The summed E-state index contributed by atoms with van der Waals surface area (Å²) in [7, 11) is 0. The van der Waals surface area contributed by atoms with Crippen LogP contribution in [0.25, 0.3) is 10.8 Å². The lowest BCUT2D eigenvalue weighted by molar-refractivity contribution is -0.151. The predicted octanol–water partition coefficient (Wildman–Crippen LogP) is 2.81. The van der Waals surface area contributed by atoms with Gasteiger partial charge in [0.2, 0.25) is 5.91 Å². The van der Waals surface area contributed by atoms with E-state index in [1.807, 2.05) is 0 Å². The zero-order chi connectivity index (χ0) is 25.1. The second-order valence-corrected chi connectivity index (χ2v) is 8.09. The Morgan fingerprint density at radius 1 is 0.912 bits per heavy atom. The minimum atomic E-state index is -1.37. The van der Waals surface area contributed by atoms with Crippen LogP contribution in [-0.4, -0.2) is 52.5 Å². The molecule has 3 N–H and O–H groups in total. The van der Waals surface area contributed by atoms with Gasteiger partial charge in [-0.25, -0.2) is 0 Å².